The third kappa shape index (κ3) is 6.80. The number of alkyl halides is 1. The largest absolute Gasteiger partial charge is 0.464 e. The molecule has 1 aromatic carbocycles. The van der Waals surface area contributed by atoms with Crippen molar-refractivity contribution in [3.8, 4) is 0 Å². The van der Waals surface area contributed by atoms with E-state index in [9.17, 15) is 19.5 Å². The van der Waals surface area contributed by atoms with Crippen molar-refractivity contribution in [1.82, 2.24) is 5.32 Å². The van der Waals surface area contributed by atoms with Crippen LogP contribution in [-0.2, 0) is 14.3 Å². The monoisotopic (exact) mass is 737 g/mol. The highest BCUT2D eigenvalue weighted by atomic mass is 127. The van der Waals surface area contributed by atoms with E-state index in [1.807, 2.05) is 30.4 Å². The first-order valence-corrected chi connectivity index (χ1v) is 15.5. The maximum atomic E-state index is 13.8. The van der Waals surface area contributed by atoms with Gasteiger partial charge in [-0.2, -0.15) is 0 Å². The van der Waals surface area contributed by atoms with Crippen molar-refractivity contribution in [1.29, 1.82) is 0 Å². The van der Waals surface area contributed by atoms with Crippen molar-refractivity contribution in [3.63, 3.8) is 0 Å². The van der Waals surface area contributed by atoms with E-state index in [2.05, 4.69) is 56.1 Å². The lowest BCUT2D eigenvalue weighted by Gasteiger charge is -2.27. The number of rotatable bonds is 7. The summed E-state index contributed by atoms with van der Waals surface area (Å²) in [4.78, 5) is 39.6. The van der Waals surface area contributed by atoms with Gasteiger partial charge < -0.3 is 15.2 Å². The van der Waals surface area contributed by atoms with Gasteiger partial charge in [0.2, 0.25) is 0 Å². The average molecular weight is 739 g/mol. The highest BCUT2D eigenvalue weighted by molar-refractivity contribution is 14.1. The molecule has 0 fully saturated rings. The predicted octanol–water partition coefficient (Wildman–Crippen LogP) is 6.64. The van der Waals surface area contributed by atoms with Gasteiger partial charge in [-0.05, 0) is 60.9 Å². The molecule has 0 saturated heterocycles. The molecular weight excluding hydrogens is 709 g/mol. The Morgan fingerprint density at radius 3 is 2.75 bits per heavy atom. The molecule has 3 aliphatic rings. The van der Waals surface area contributed by atoms with Crippen LogP contribution >= 0.6 is 50.1 Å². The zero-order valence-electron chi connectivity index (χ0n) is 22.0. The van der Waals surface area contributed by atoms with Gasteiger partial charge in [0.25, 0.3) is 5.91 Å². The highest BCUT2D eigenvalue weighted by Crippen LogP contribution is 2.44. The Balaban J connectivity index is 1.53. The number of aliphatic hydroxyl groups excluding tert-OH is 1. The Hall–Kier alpha value is -2.23. The number of hydrogen-bond acceptors (Lipinski definition) is 5. The molecule has 0 bridgehead atoms. The zero-order valence-corrected chi connectivity index (χ0v) is 26.5. The van der Waals surface area contributed by atoms with Crippen LogP contribution in [0.15, 0.2) is 82.1 Å². The first kappa shape index (κ1) is 30.7. The highest BCUT2D eigenvalue weighted by Gasteiger charge is 2.37. The van der Waals surface area contributed by atoms with Gasteiger partial charge in [0.1, 0.15) is 6.04 Å². The van der Waals surface area contributed by atoms with E-state index in [1.165, 1.54) is 0 Å². The molecule has 0 radical (unpaired) electrons. The van der Waals surface area contributed by atoms with Gasteiger partial charge in [-0.25, -0.2) is 4.79 Å². The van der Waals surface area contributed by atoms with Crippen molar-refractivity contribution in [3.05, 3.63) is 98.2 Å². The van der Waals surface area contributed by atoms with E-state index in [1.54, 1.807) is 25.1 Å². The first-order valence-electron chi connectivity index (χ1n) is 13.1. The third-order valence-corrected chi connectivity index (χ3v) is 9.35. The van der Waals surface area contributed by atoms with Gasteiger partial charge in [0.05, 0.1) is 24.2 Å². The quantitative estimate of drug-likeness (QED) is 0.108. The van der Waals surface area contributed by atoms with Gasteiger partial charge >= 0.3 is 5.97 Å². The van der Waals surface area contributed by atoms with Crippen molar-refractivity contribution in [2.45, 2.75) is 48.7 Å². The molecule has 4 unspecified atom stereocenters. The molecule has 2 N–H and O–H groups in total. The molecule has 0 aliphatic heterocycles. The lowest BCUT2D eigenvalue weighted by molar-refractivity contribution is -0.147. The lowest BCUT2D eigenvalue weighted by Crippen LogP contribution is -2.44. The summed E-state index contributed by atoms with van der Waals surface area (Å²) in [5, 5.41) is 13.6. The molecule has 1 aromatic rings. The second kappa shape index (κ2) is 13.6. The van der Waals surface area contributed by atoms with Gasteiger partial charge in [0, 0.05) is 25.4 Å². The van der Waals surface area contributed by atoms with Crippen molar-refractivity contribution < 1.29 is 24.2 Å². The lowest BCUT2D eigenvalue weighted by atomic mass is 9.76. The van der Waals surface area contributed by atoms with Crippen molar-refractivity contribution in [2.75, 3.05) is 6.61 Å². The smallest absolute Gasteiger partial charge is 0.328 e. The molecule has 210 valence electrons. The Bertz CT molecular complexity index is 1390. The van der Waals surface area contributed by atoms with E-state index in [0.717, 1.165) is 16.7 Å². The van der Waals surface area contributed by atoms with Gasteiger partial charge in [0.15, 0.2) is 5.78 Å². The normalized spacial score (nSPS) is 25.0. The van der Waals surface area contributed by atoms with Crippen LogP contribution in [0.25, 0.3) is 0 Å². The number of nitrogens with one attached hydrogen (secondary N) is 1. The maximum absolute atomic E-state index is 13.8. The predicted molar refractivity (Wildman–Crippen MR) is 168 cm³/mol. The number of allylic oxidation sites excluding steroid dienone is 6. The number of ether oxygens (including phenoxy) is 1. The molecule has 9 heteroatoms. The van der Waals surface area contributed by atoms with Crippen LogP contribution in [0.1, 0.15) is 52.5 Å². The summed E-state index contributed by atoms with van der Waals surface area (Å²) < 4.78 is 5.80. The van der Waals surface area contributed by atoms with Crippen LogP contribution in [0.5, 0.6) is 0 Å². The Kier molecular flexibility index (Phi) is 10.5. The number of hydrogen-bond donors (Lipinski definition) is 2. The van der Waals surface area contributed by atoms with Gasteiger partial charge in [-0.3, -0.25) is 9.59 Å². The minimum atomic E-state index is -0.969. The van der Waals surface area contributed by atoms with Crippen LogP contribution in [0, 0.1) is 11.8 Å². The number of carbonyl (C=O) groups is 3. The number of amides is 1. The summed E-state index contributed by atoms with van der Waals surface area (Å²) in [6, 6.07) is 4.54. The Morgan fingerprint density at radius 2 is 2.10 bits per heavy atom. The molecule has 0 aromatic heterocycles. The number of esters is 1. The number of benzene rings is 1. The number of fused-ring (bicyclic) bond motifs is 1. The van der Waals surface area contributed by atoms with Crippen molar-refractivity contribution in [2.24, 2.45) is 11.8 Å². The second-order valence-electron chi connectivity index (χ2n) is 9.88. The summed E-state index contributed by atoms with van der Waals surface area (Å²) in [7, 11) is 0. The first-order chi connectivity index (χ1) is 19.1. The molecule has 0 saturated carbocycles. The van der Waals surface area contributed by atoms with Gasteiger partial charge in [-0.1, -0.05) is 93.1 Å². The fraction of sp³-hybridized carbons (Fsp3) is 0.355. The summed E-state index contributed by atoms with van der Waals surface area (Å²) in [6.45, 7) is 5.76. The minimum absolute atomic E-state index is 0.00456. The summed E-state index contributed by atoms with van der Waals surface area (Å²) >= 11 is 11.9. The van der Waals surface area contributed by atoms with Crippen LogP contribution in [-0.4, -0.2) is 41.5 Å². The van der Waals surface area contributed by atoms with E-state index in [-0.39, 0.29) is 34.2 Å². The molecular formula is C31H30BrClINO5. The van der Waals surface area contributed by atoms with Crippen LogP contribution in [0.4, 0.5) is 0 Å². The van der Waals surface area contributed by atoms with E-state index in [0.29, 0.717) is 34.3 Å². The standard InChI is InChI=1S/C31H30BrClINO5/c1-3-18-15-24(34)21-13-12-20(33)16-22(21)29(37)27(18)19-10-8-17(9-11-19)14-25(31(39)40-4-2)35-30(38)28-23(32)6-5-7-26(28)36/h5-6,8-10,12-13,16,19,24-27,36H,1,4,7,11,14-15H2,2H3,(H,35,38)/t19?,24?,25-,26?,27?/m0/s1. The third-order valence-electron chi connectivity index (χ3n) is 7.32. The fourth-order valence-corrected chi connectivity index (χ4v) is 7.14. The minimum Gasteiger partial charge on any atom is -0.464 e. The van der Waals surface area contributed by atoms with Crippen molar-refractivity contribution >= 4 is 67.8 Å². The maximum Gasteiger partial charge on any atom is 0.328 e. The molecule has 0 spiro atoms. The number of Topliss-reactive ketones (excluding diaryl/α,β-unsaturated/α-hetero) is 1. The molecule has 0 heterocycles. The molecule has 5 atom stereocenters. The zero-order chi connectivity index (χ0) is 29.0. The van der Waals surface area contributed by atoms with E-state index >= 15 is 0 Å². The molecule has 4 rings (SSSR count). The van der Waals surface area contributed by atoms with E-state index < -0.39 is 29.9 Å². The molecule has 40 heavy (non-hydrogen) atoms. The van der Waals surface area contributed by atoms with Gasteiger partial charge in [-0.15, -0.1) is 5.73 Å². The van der Waals surface area contributed by atoms with E-state index in [4.69, 9.17) is 16.3 Å². The second-order valence-corrected chi connectivity index (χ2v) is 12.7. The molecule has 1 amide bonds. The number of carbonyl (C=O) groups excluding carboxylic acids is 3. The summed E-state index contributed by atoms with van der Waals surface area (Å²) in [5.41, 5.74) is 6.54. The van der Waals surface area contributed by atoms with Crippen LogP contribution in [0.2, 0.25) is 5.02 Å². The Labute approximate surface area is 261 Å². The van der Waals surface area contributed by atoms with Crippen LogP contribution < -0.4 is 5.32 Å². The van der Waals surface area contributed by atoms with Crippen LogP contribution in [0.3, 0.4) is 0 Å². The molecule has 6 nitrogen and oxygen atoms in total. The number of aliphatic hydroxyl groups is 1. The Morgan fingerprint density at radius 1 is 1.32 bits per heavy atom. The average Bonchev–Trinajstić information content (AvgIpc) is 3.02. The summed E-state index contributed by atoms with van der Waals surface area (Å²) in [6.07, 6.45) is 10.2. The fourth-order valence-electron chi connectivity index (χ4n) is 5.32. The number of ketones is 1. The molecule has 3 aliphatic carbocycles. The summed E-state index contributed by atoms with van der Waals surface area (Å²) in [5.74, 6) is -1.62. The topological polar surface area (TPSA) is 92.7 Å². The number of halogens is 3. The SMILES string of the molecule is C=C=C1CC(I)c2ccc(Cl)cc2C(=O)C1C1C=CC(C[C@H](NC(=O)C2=C(Br)C=CCC2O)C(=O)OCC)=CC1.